The van der Waals surface area contributed by atoms with E-state index in [1.54, 1.807) is 29.8 Å². The molecule has 0 spiro atoms. The number of anilines is 1. The van der Waals surface area contributed by atoms with Crippen LogP contribution in [-0.2, 0) is 16.0 Å². The predicted molar refractivity (Wildman–Crippen MR) is 112 cm³/mol. The quantitative estimate of drug-likeness (QED) is 0.417. The van der Waals surface area contributed by atoms with E-state index in [0.29, 0.717) is 25.1 Å². The average Bonchev–Trinajstić information content (AvgIpc) is 3.20. The van der Waals surface area contributed by atoms with Gasteiger partial charge < -0.3 is 19.7 Å². The molecular formula is C22H31N3O4. The number of carbonyl (C=O) groups is 2. The second-order valence-electron chi connectivity index (χ2n) is 6.95. The number of aromatic nitrogens is 2. The summed E-state index contributed by atoms with van der Waals surface area (Å²) >= 11 is 0. The van der Waals surface area contributed by atoms with Gasteiger partial charge in [-0.05, 0) is 37.5 Å². The molecule has 2 N–H and O–H groups in total. The molecule has 1 atom stereocenters. The van der Waals surface area contributed by atoms with Gasteiger partial charge in [0, 0.05) is 18.5 Å². The van der Waals surface area contributed by atoms with Crippen LogP contribution < -0.4 is 5.32 Å². The van der Waals surface area contributed by atoms with Crippen LogP contribution in [0.4, 0.5) is 5.69 Å². The van der Waals surface area contributed by atoms with Gasteiger partial charge in [-0.25, -0.2) is 9.78 Å². The van der Waals surface area contributed by atoms with Crippen LogP contribution in [0, 0.1) is 0 Å². The van der Waals surface area contributed by atoms with E-state index in [2.05, 4.69) is 17.2 Å². The second-order valence-corrected chi connectivity index (χ2v) is 6.95. The van der Waals surface area contributed by atoms with Gasteiger partial charge in [-0.2, -0.15) is 0 Å². The molecule has 0 fully saturated rings. The number of esters is 1. The number of imidazole rings is 1. The number of benzene rings is 1. The molecule has 1 heterocycles. The van der Waals surface area contributed by atoms with Crippen LogP contribution in [-0.4, -0.2) is 39.7 Å². The van der Waals surface area contributed by atoms with E-state index >= 15 is 0 Å². The standard InChI is InChI=1S/C22H31N3O4/c1-3-5-6-7-8-20(22(28)29-4-2)25-15-19(23-16-25)21(27)24-18-11-9-17(10-12-18)13-14-26/h9-12,15-16,20,26H,3-8,13-14H2,1-2H3,(H,24,27). The summed E-state index contributed by atoms with van der Waals surface area (Å²) in [4.78, 5) is 29.1. The van der Waals surface area contributed by atoms with Gasteiger partial charge in [-0.3, -0.25) is 4.79 Å². The zero-order valence-corrected chi connectivity index (χ0v) is 17.3. The first-order valence-electron chi connectivity index (χ1n) is 10.3. The van der Waals surface area contributed by atoms with E-state index in [-0.39, 0.29) is 24.2 Å². The van der Waals surface area contributed by atoms with Crippen LogP contribution in [0.1, 0.15) is 68.0 Å². The topological polar surface area (TPSA) is 93.5 Å². The minimum absolute atomic E-state index is 0.0865. The fourth-order valence-corrected chi connectivity index (χ4v) is 3.09. The molecule has 0 aliphatic carbocycles. The number of carbonyl (C=O) groups excluding carboxylic acids is 2. The molecule has 0 aliphatic heterocycles. The molecule has 1 unspecified atom stereocenters. The number of ether oxygens (including phenoxy) is 1. The minimum atomic E-state index is -0.473. The molecule has 1 amide bonds. The fourth-order valence-electron chi connectivity index (χ4n) is 3.09. The number of aliphatic hydroxyl groups is 1. The van der Waals surface area contributed by atoms with E-state index in [1.165, 1.54) is 6.33 Å². The van der Waals surface area contributed by atoms with E-state index in [0.717, 1.165) is 31.2 Å². The minimum Gasteiger partial charge on any atom is -0.464 e. The highest BCUT2D eigenvalue weighted by molar-refractivity contribution is 6.02. The highest BCUT2D eigenvalue weighted by Gasteiger charge is 2.23. The summed E-state index contributed by atoms with van der Waals surface area (Å²) in [6.45, 7) is 4.33. The van der Waals surface area contributed by atoms with Gasteiger partial charge in [0.25, 0.3) is 5.91 Å². The number of rotatable bonds is 12. The largest absolute Gasteiger partial charge is 0.464 e. The monoisotopic (exact) mass is 401 g/mol. The molecule has 2 rings (SSSR count). The summed E-state index contributed by atoms with van der Waals surface area (Å²) in [7, 11) is 0. The van der Waals surface area contributed by atoms with Gasteiger partial charge in [-0.1, -0.05) is 44.7 Å². The maximum absolute atomic E-state index is 12.5. The molecule has 7 nitrogen and oxygen atoms in total. The Bertz CT molecular complexity index is 771. The van der Waals surface area contributed by atoms with Crippen molar-refractivity contribution in [2.24, 2.45) is 0 Å². The Balaban J connectivity index is 2.04. The van der Waals surface area contributed by atoms with Crippen LogP contribution in [0.5, 0.6) is 0 Å². The van der Waals surface area contributed by atoms with Gasteiger partial charge >= 0.3 is 5.97 Å². The lowest BCUT2D eigenvalue weighted by Crippen LogP contribution is -2.21. The lowest BCUT2D eigenvalue weighted by atomic mass is 10.1. The summed E-state index contributed by atoms with van der Waals surface area (Å²) in [6, 6.07) is 6.82. The van der Waals surface area contributed by atoms with Crippen LogP contribution in [0.2, 0.25) is 0 Å². The normalized spacial score (nSPS) is 11.8. The Hall–Kier alpha value is -2.67. The second kappa shape index (κ2) is 12.0. The zero-order chi connectivity index (χ0) is 21.1. The Morgan fingerprint density at radius 1 is 1.17 bits per heavy atom. The third kappa shape index (κ3) is 7.02. The van der Waals surface area contributed by atoms with Gasteiger partial charge in [0.05, 0.1) is 12.9 Å². The van der Waals surface area contributed by atoms with Crippen molar-refractivity contribution in [3.8, 4) is 0 Å². The van der Waals surface area contributed by atoms with E-state index in [9.17, 15) is 9.59 Å². The van der Waals surface area contributed by atoms with Crippen molar-refractivity contribution in [3.63, 3.8) is 0 Å². The van der Waals surface area contributed by atoms with Crippen LogP contribution >= 0.6 is 0 Å². The Morgan fingerprint density at radius 2 is 1.93 bits per heavy atom. The Labute approximate surface area is 172 Å². The van der Waals surface area contributed by atoms with Crippen molar-refractivity contribution in [1.29, 1.82) is 0 Å². The van der Waals surface area contributed by atoms with Gasteiger partial charge in [0.2, 0.25) is 0 Å². The zero-order valence-electron chi connectivity index (χ0n) is 17.3. The smallest absolute Gasteiger partial charge is 0.329 e. The number of nitrogens with one attached hydrogen (secondary N) is 1. The lowest BCUT2D eigenvalue weighted by Gasteiger charge is -2.16. The molecule has 1 aromatic carbocycles. The molecule has 7 heteroatoms. The highest BCUT2D eigenvalue weighted by atomic mass is 16.5. The molecule has 1 aromatic heterocycles. The summed E-state index contributed by atoms with van der Waals surface area (Å²) in [5, 5.41) is 11.8. The molecule has 0 aliphatic rings. The fraction of sp³-hybridized carbons (Fsp3) is 0.500. The first-order chi connectivity index (χ1) is 14.1. The van der Waals surface area contributed by atoms with Crippen LogP contribution in [0.3, 0.4) is 0 Å². The van der Waals surface area contributed by atoms with Gasteiger partial charge in [0.1, 0.15) is 11.7 Å². The Kier molecular flexibility index (Phi) is 9.37. The number of amides is 1. The molecule has 0 saturated heterocycles. The van der Waals surface area contributed by atoms with E-state index in [1.807, 2.05) is 12.1 Å². The summed E-state index contributed by atoms with van der Waals surface area (Å²) in [6.07, 6.45) is 8.56. The van der Waals surface area contributed by atoms with Crippen molar-refractivity contribution >= 4 is 17.6 Å². The van der Waals surface area contributed by atoms with Crippen molar-refractivity contribution in [2.45, 2.75) is 58.4 Å². The van der Waals surface area contributed by atoms with Crippen molar-refractivity contribution in [1.82, 2.24) is 9.55 Å². The highest BCUT2D eigenvalue weighted by Crippen LogP contribution is 2.19. The van der Waals surface area contributed by atoms with Gasteiger partial charge in [-0.15, -0.1) is 0 Å². The summed E-state index contributed by atoms with van der Waals surface area (Å²) in [5.41, 5.74) is 1.88. The third-order valence-corrected chi connectivity index (χ3v) is 4.70. The molecule has 158 valence electrons. The number of hydrogen-bond donors (Lipinski definition) is 2. The number of nitrogens with zero attached hydrogens (tertiary/aromatic N) is 2. The number of unbranched alkanes of at least 4 members (excludes halogenated alkanes) is 3. The molecule has 2 aromatic rings. The molecule has 29 heavy (non-hydrogen) atoms. The SMILES string of the molecule is CCCCCCC(C(=O)OCC)n1cnc(C(=O)Nc2ccc(CCO)cc2)c1. The predicted octanol–water partition coefficient (Wildman–Crippen LogP) is 3.74. The molecule has 0 saturated carbocycles. The van der Waals surface area contributed by atoms with Crippen molar-refractivity contribution in [3.05, 3.63) is 48.0 Å². The van der Waals surface area contributed by atoms with Gasteiger partial charge in [0.15, 0.2) is 0 Å². The first-order valence-corrected chi connectivity index (χ1v) is 10.3. The molecule has 0 bridgehead atoms. The number of aliphatic hydroxyl groups excluding tert-OH is 1. The van der Waals surface area contributed by atoms with E-state index < -0.39 is 6.04 Å². The maximum Gasteiger partial charge on any atom is 0.329 e. The molecular weight excluding hydrogens is 370 g/mol. The Morgan fingerprint density at radius 3 is 2.59 bits per heavy atom. The average molecular weight is 402 g/mol. The first kappa shape index (κ1) is 22.6. The van der Waals surface area contributed by atoms with Crippen LogP contribution in [0.15, 0.2) is 36.8 Å². The van der Waals surface area contributed by atoms with Crippen molar-refractivity contribution in [2.75, 3.05) is 18.5 Å². The lowest BCUT2D eigenvalue weighted by molar-refractivity contribution is -0.147. The number of hydrogen-bond acceptors (Lipinski definition) is 5. The molecule has 0 radical (unpaired) electrons. The van der Waals surface area contributed by atoms with E-state index in [4.69, 9.17) is 9.84 Å². The third-order valence-electron chi connectivity index (χ3n) is 4.70. The summed E-state index contributed by atoms with van der Waals surface area (Å²) < 4.78 is 6.88. The van der Waals surface area contributed by atoms with Crippen molar-refractivity contribution < 1.29 is 19.4 Å². The van der Waals surface area contributed by atoms with Crippen LogP contribution in [0.25, 0.3) is 0 Å². The maximum atomic E-state index is 12.5. The summed E-state index contributed by atoms with van der Waals surface area (Å²) in [5.74, 6) is -0.639.